The molecule has 0 aliphatic heterocycles. The van der Waals surface area contributed by atoms with Crippen LogP contribution < -0.4 is 34.7 Å². The Morgan fingerprint density at radius 2 is 2.24 bits per heavy atom. The van der Waals surface area contributed by atoms with E-state index in [0.29, 0.717) is 18.3 Å². The first-order valence-corrected chi connectivity index (χ1v) is 4.70. The predicted octanol–water partition coefficient (Wildman–Crippen LogP) is -2.09. The average molecular weight is 252 g/mol. The Kier molecular flexibility index (Phi) is 6.59. The van der Waals surface area contributed by atoms with E-state index in [4.69, 9.17) is 0 Å². The van der Waals surface area contributed by atoms with Crippen LogP contribution in [0, 0.1) is 6.92 Å². The molecule has 0 spiro atoms. The number of ketones is 1. The summed E-state index contributed by atoms with van der Waals surface area (Å²) in [5, 5.41) is 14.5. The van der Waals surface area contributed by atoms with Crippen molar-refractivity contribution in [1.82, 2.24) is 9.78 Å². The summed E-state index contributed by atoms with van der Waals surface area (Å²) in [6, 6.07) is 0. The van der Waals surface area contributed by atoms with Crippen LogP contribution in [0.15, 0.2) is 18.0 Å². The standard InChI is InChI=1S/C10H12F2N2O2.Na/c1-3-14-6(2)7(5-13-14)8(15)4-9(16)10(11)12;/h4-5,10,16H,3H2,1-2H3;/q;+1/p-1/b9-4+;. The van der Waals surface area contributed by atoms with Gasteiger partial charge in [-0.15, -0.1) is 0 Å². The minimum atomic E-state index is -3.15. The van der Waals surface area contributed by atoms with Gasteiger partial charge in [-0.05, 0) is 19.9 Å². The number of nitrogens with zero attached hydrogens (tertiary/aromatic N) is 2. The zero-order valence-electron chi connectivity index (χ0n) is 9.91. The van der Waals surface area contributed by atoms with Crippen molar-refractivity contribution >= 4 is 5.78 Å². The zero-order valence-corrected chi connectivity index (χ0v) is 11.9. The molecule has 1 heterocycles. The van der Waals surface area contributed by atoms with Crippen LogP contribution in [-0.2, 0) is 6.54 Å². The van der Waals surface area contributed by atoms with Crippen molar-refractivity contribution in [3.8, 4) is 0 Å². The van der Waals surface area contributed by atoms with Crippen molar-refractivity contribution in [2.24, 2.45) is 0 Å². The molecule has 0 aliphatic rings. The van der Waals surface area contributed by atoms with Gasteiger partial charge in [-0.2, -0.15) is 5.10 Å². The molecule has 0 unspecified atom stereocenters. The molecule has 0 saturated carbocycles. The van der Waals surface area contributed by atoms with Crippen LogP contribution in [0.4, 0.5) is 8.78 Å². The Morgan fingerprint density at radius 1 is 1.65 bits per heavy atom. The molecule has 88 valence electrons. The van der Waals surface area contributed by atoms with Crippen LogP contribution in [0.5, 0.6) is 0 Å². The Balaban J connectivity index is 0.00000256. The summed E-state index contributed by atoms with van der Waals surface area (Å²) in [5.74, 6) is -2.21. The number of alkyl halides is 2. The average Bonchev–Trinajstić information content (AvgIpc) is 2.59. The third-order valence-electron chi connectivity index (χ3n) is 2.16. The monoisotopic (exact) mass is 252 g/mol. The van der Waals surface area contributed by atoms with Crippen molar-refractivity contribution in [1.29, 1.82) is 0 Å². The van der Waals surface area contributed by atoms with Gasteiger partial charge in [0.25, 0.3) is 0 Å². The SMILES string of the molecule is CCn1ncc(C(=O)/C=C(/[O-])C(F)F)c1C.[Na+]. The molecule has 0 atom stereocenters. The van der Waals surface area contributed by atoms with Gasteiger partial charge in [0.2, 0.25) is 6.43 Å². The summed E-state index contributed by atoms with van der Waals surface area (Å²) in [7, 11) is 0. The Hall–Kier alpha value is -0.720. The van der Waals surface area contributed by atoms with E-state index in [9.17, 15) is 18.7 Å². The first kappa shape index (κ1) is 16.3. The number of halogens is 2. The van der Waals surface area contributed by atoms with Gasteiger partial charge in [0.1, 0.15) is 0 Å². The minimum absolute atomic E-state index is 0. The summed E-state index contributed by atoms with van der Waals surface area (Å²) < 4.78 is 25.4. The molecule has 0 aliphatic carbocycles. The van der Waals surface area contributed by atoms with Crippen LogP contribution in [0.3, 0.4) is 0 Å². The van der Waals surface area contributed by atoms with E-state index in [1.165, 1.54) is 6.20 Å². The van der Waals surface area contributed by atoms with Crippen LogP contribution in [0.2, 0.25) is 0 Å². The number of hydrogen-bond acceptors (Lipinski definition) is 3. The van der Waals surface area contributed by atoms with Gasteiger partial charge in [0, 0.05) is 12.2 Å². The molecule has 7 heteroatoms. The van der Waals surface area contributed by atoms with Gasteiger partial charge in [-0.1, -0.05) is 5.76 Å². The molecular formula is C10H11F2N2NaO2. The predicted molar refractivity (Wildman–Crippen MR) is 51.1 cm³/mol. The van der Waals surface area contributed by atoms with Crippen molar-refractivity contribution < 1.29 is 48.2 Å². The molecular weight excluding hydrogens is 241 g/mol. The smallest absolute Gasteiger partial charge is 0.872 e. The van der Waals surface area contributed by atoms with Gasteiger partial charge in [-0.3, -0.25) is 9.48 Å². The molecule has 0 amide bonds. The quantitative estimate of drug-likeness (QED) is 0.267. The van der Waals surface area contributed by atoms with Gasteiger partial charge in [-0.25, -0.2) is 8.78 Å². The number of aryl methyl sites for hydroxylation is 1. The summed E-state index contributed by atoms with van der Waals surface area (Å²) in [4.78, 5) is 11.4. The molecule has 17 heavy (non-hydrogen) atoms. The van der Waals surface area contributed by atoms with Gasteiger partial charge < -0.3 is 5.11 Å². The normalized spacial score (nSPS) is 11.5. The van der Waals surface area contributed by atoms with Gasteiger partial charge in [0.05, 0.1) is 11.8 Å². The number of allylic oxidation sites excluding steroid dienone is 2. The molecule has 0 saturated heterocycles. The van der Waals surface area contributed by atoms with E-state index < -0.39 is 18.0 Å². The fraction of sp³-hybridized carbons (Fsp3) is 0.400. The number of rotatable bonds is 4. The maximum Gasteiger partial charge on any atom is 1.00 e. The van der Waals surface area contributed by atoms with Crippen LogP contribution in [0.1, 0.15) is 23.0 Å². The Bertz CT molecular complexity index is 430. The Labute approximate surface area is 120 Å². The van der Waals surface area contributed by atoms with E-state index in [1.54, 1.807) is 11.6 Å². The number of carbonyl (C=O) groups is 1. The topological polar surface area (TPSA) is 58.0 Å². The summed E-state index contributed by atoms with van der Waals surface area (Å²) in [6.07, 6.45) is -1.46. The van der Waals surface area contributed by atoms with Crippen LogP contribution in [0.25, 0.3) is 0 Å². The molecule has 0 fully saturated rings. The molecule has 0 radical (unpaired) electrons. The van der Waals surface area contributed by atoms with Crippen LogP contribution >= 0.6 is 0 Å². The van der Waals surface area contributed by atoms with E-state index in [0.717, 1.165) is 0 Å². The zero-order chi connectivity index (χ0) is 12.3. The van der Waals surface area contributed by atoms with Gasteiger partial charge in [0.15, 0.2) is 5.78 Å². The third-order valence-corrected chi connectivity index (χ3v) is 2.16. The second-order valence-corrected chi connectivity index (χ2v) is 3.17. The van der Waals surface area contributed by atoms with E-state index >= 15 is 0 Å². The first-order chi connectivity index (χ1) is 7.47. The summed E-state index contributed by atoms with van der Waals surface area (Å²) in [5.41, 5.74) is 0.738. The third kappa shape index (κ3) is 3.90. The molecule has 0 N–H and O–H groups in total. The van der Waals surface area contributed by atoms with Crippen molar-refractivity contribution in [3.63, 3.8) is 0 Å². The first-order valence-electron chi connectivity index (χ1n) is 4.70. The molecule has 1 rings (SSSR count). The molecule has 0 aromatic carbocycles. The molecule has 1 aromatic rings. The van der Waals surface area contributed by atoms with E-state index in [1.807, 2.05) is 6.92 Å². The summed E-state index contributed by atoms with van der Waals surface area (Å²) >= 11 is 0. The fourth-order valence-corrected chi connectivity index (χ4v) is 1.28. The van der Waals surface area contributed by atoms with Crippen molar-refractivity contribution in [2.75, 3.05) is 0 Å². The van der Waals surface area contributed by atoms with Crippen LogP contribution in [-0.4, -0.2) is 22.0 Å². The number of carbonyl (C=O) groups excluding carboxylic acids is 1. The Morgan fingerprint density at radius 3 is 2.65 bits per heavy atom. The largest absolute Gasteiger partial charge is 1.00 e. The second kappa shape index (κ2) is 6.88. The maximum absolute atomic E-state index is 11.9. The van der Waals surface area contributed by atoms with Crippen molar-refractivity contribution in [2.45, 2.75) is 26.8 Å². The fourth-order valence-electron chi connectivity index (χ4n) is 1.28. The van der Waals surface area contributed by atoms with E-state index in [-0.39, 0.29) is 35.1 Å². The van der Waals surface area contributed by atoms with E-state index in [2.05, 4.69) is 5.10 Å². The second-order valence-electron chi connectivity index (χ2n) is 3.17. The number of hydrogen-bond donors (Lipinski definition) is 0. The summed E-state index contributed by atoms with van der Waals surface area (Å²) in [6.45, 7) is 4.05. The molecule has 1 aromatic heterocycles. The molecule has 0 bridgehead atoms. The van der Waals surface area contributed by atoms with Crippen molar-refractivity contribution in [3.05, 3.63) is 29.3 Å². The maximum atomic E-state index is 11.9. The van der Waals surface area contributed by atoms with Gasteiger partial charge >= 0.3 is 29.6 Å². The minimum Gasteiger partial charge on any atom is -0.872 e. The number of aromatic nitrogens is 2. The molecule has 4 nitrogen and oxygen atoms in total.